The Morgan fingerprint density at radius 3 is 1.44 bits per heavy atom. The van der Waals surface area contributed by atoms with Crippen LogP contribution in [0.1, 0.15) is 19.8 Å². The Morgan fingerprint density at radius 2 is 1.22 bits per heavy atom. The van der Waals surface area contributed by atoms with Crippen LogP contribution in [0, 0.1) is 0 Å². The summed E-state index contributed by atoms with van der Waals surface area (Å²) in [4.78, 5) is 0. The molecule has 10 heteroatoms. The van der Waals surface area contributed by atoms with E-state index >= 15 is 0 Å². The second-order valence-electron chi connectivity index (χ2n) is 3.58. The largest absolute Gasteiger partial charge is 0.457 e. The van der Waals surface area contributed by atoms with Gasteiger partial charge < -0.3 is 0 Å². The van der Waals surface area contributed by atoms with Crippen LogP contribution >= 0.6 is 22.6 Å². The van der Waals surface area contributed by atoms with E-state index in [0.717, 1.165) is 0 Å². The minimum absolute atomic E-state index is 0.170. The molecule has 0 saturated carbocycles. The topological polar surface area (TPSA) is 0 Å². The van der Waals surface area contributed by atoms with Crippen molar-refractivity contribution in [3.8, 4) is 0 Å². The van der Waals surface area contributed by atoms with E-state index < -0.39 is 34.3 Å². The molecule has 0 bridgehead atoms. The van der Waals surface area contributed by atoms with Gasteiger partial charge in [-0.15, -0.1) is 0 Å². The predicted molar refractivity (Wildman–Crippen MR) is 53.6 cm³/mol. The van der Waals surface area contributed by atoms with Crippen LogP contribution in [0.15, 0.2) is 0 Å². The molecule has 0 aliphatic heterocycles. The van der Waals surface area contributed by atoms with Gasteiger partial charge >= 0.3 is 18.3 Å². The van der Waals surface area contributed by atoms with Crippen molar-refractivity contribution < 1.29 is 39.5 Å². The number of hydrogen-bond acceptors (Lipinski definition) is 0. The van der Waals surface area contributed by atoms with Crippen molar-refractivity contribution in [1.29, 1.82) is 0 Å². The lowest BCUT2D eigenvalue weighted by atomic mass is 9.90. The summed E-state index contributed by atoms with van der Waals surface area (Å²) < 4.78 is 110. The van der Waals surface area contributed by atoms with E-state index in [1.54, 1.807) is 0 Å². The maximum Gasteiger partial charge on any atom is 0.457 e. The lowest BCUT2D eigenvalue weighted by molar-refractivity contribution is -0.384. The Morgan fingerprint density at radius 1 is 0.833 bits per heavy atom. The van der Waals surface area contributed by atoms with E-state index in [4.69, 9.17) is 0 Å². The van der Waals surface area contributed by atoms with Gasteiger partial charge in [-0.3, -0.25) is 0 Å². The van der Waals surface area contributed by atoms with Gasteiger partial charge in [0.1, 0.15) is 0 Å². The van der Waals surface area contributed by atoms with Crippen LogP contribution in [0.2, 0.25) is 0 Å². The molecule has 18 heavy (non-hydrogen) atoms. The van der Waals surface area contributed by atoms with Gasteiger partial charge in [0.15, 0.2) is 0 Å². The SMILES string of the molecule is CC[C@@H](I)C[C@@](F)(C(F)(F)F)C(F)(F)C(F)(F)F. The summed E-state index contributed by atoms with van der Waals surface area (Å²) in [6.07, 6.45) is -15.1. The van der Waals surface area contributed by atoms with Crippen LogP contribution in [0.25, 0.3) is 0 Å². The Hall–Kier alpha value is 0.1000. The molecule has 0 rings (SSSR count). The van der Waals surface area contributed by atoms with Crippen LogP contribution in [0.5, 0.6) is 0 Å². The third-order valence-electron chi connectivity index (χ3n) is 2.25. The molecule has 0 radical (unpaired) electrons. The average molecular weight is 402 g/mol. The van der Waals surface area contributed by atoms with Crippen LogP contribution in [0.4, 0.5) is 39.5 Å². The summed E-state index contributed by atoms with van der Waals surface area (Å²) in [6, 6.07) is 0. The first kappa shape index (κ1) is 18.1. The fourth-order valence-corrected chi connectivity index (χ4v) is 1.70. The molecular formula is C8H8F9I. The van der Waals surface area contributed by atoms with Gasteiger partial charge in [-0.05, 0) is 6.42 Å². The van der Waals surface area contributed by atoms with Crippen molar-refractivity contribution in [1.82, 2.24) is 0 Å². The van der Waals surface area contributed by atoms with Crippen molar-refractivity contribution in [2.75, 3.05) is 0 Å². The first-order valence-electron chi connectivity index (χ1n) is 4.55. The van der Waals surface area contributed by atoms with E-state index in [-0.39, 0.29) is 6.42 Å². The second-order valence-corrected chi connectivity index (χ2v) is 5.34. The van der Waals surface area contributed by atoms with E-state index in [1.165, 1.54) is 29.5 Å². The first-order chi connectivity index (χ1) is 7.70. The third kappa shape index (κ3) is 3.16. The zero-order valence-electron chi connectivity index (χ0n) is 8.77. The molecule has 0 fully saturated rings. The summed E-state index contributed by atoms with van der Waals surface area (Å²) in [5.41, 5.74) is -5.62. The first-order valence-corrected chi connectivity index (χ1v) is 5.79. The number of hydrogen-bond donors (Lipinski definition) is 0. The van der Waals surface area contributed by atoms with Crippen LogP contribution in [0.3, 0.4) is 0 Å². The Bertz CT molecular complexity index is 281. The summed E-state index contributed by atoms with van der Waals surface area (Å²) in [6.45, 7) is 1.25. The molecule has 0 saturated heterocycles. The van der Waals surface area contributed by atoms with E-state index in [0.29, 0.717) is 0 Å². The number of halogens is 10. The normalized spacial score (nSPS) is 19.5. The second kappa shape index (κ2) is 5.23. The van der Waals surface area contributed by atoms with Gasteiger partial charge in [0, 0.05) is 10.3 Å². The molecule has 0 aromatic heterocycles. The number of rotatable bonds is 4. The van der Waals surface area contributed by atoms with E-state index in [2.05, 4.69) is 0 Å². The van der Waals surface area contributed by atoms with Crippen molar-refractivity contribution in [3.63, 3.8) is 0 Å². The highest BCUT2D eigenvalue weighted by molar-refractivity contribution is 14.1. The fourth-order valence-electron chi connectivity index (χ4n) is 1.10. The monoisotopic (exact) mass is 402 g/mol. The van der Waals surface area contributed by atoms with Crippen LogP contribution in [-0.4, -0.2) is 27.9 Å². The van der Waals surface area contributed by atoms with Gasteiger partial charge in [-0.1, -0.05) is 29.5 Å². The minimum atomic E-state index is -6.61. The zero-order chi connectivity index (χ0) is 15.0. The van der Waals surface area contributed by atoms with E-state index in [1.807, 2.05) is 0 Å². The van der Waals surface area contributed by atoms with Gasteiger partial charge in [0.2, 0.25) is 0 Å². The summed E-state index contributed by atoms with van der Waals surface area (Å²) >= 11 is 1.20. The average Bonchev–Trinajstić information content (AvgIpc) is 2.13. The van der Waals surface area contributed by atoms with Crippen molar-refractivity contribution in [2.45, 2.75) is 47.6 Å². The standard InChI is InChI=1S/C8H8F9I/c1-2-4(18)3-5(9,7(12,13)14)6(10,11)8(15,16)17/h4H,2-3H2,1H3/t4-,5+/m1/s1. The highest BCUT2D eigenvalue weighted by Crippen LogP contribution is 2.55. The Balaban J connectivity index is 5.64. The van der Waals surface area contributed by atoms with Gasteiger partial charge in [-0.2, -0.15) is 35.1 Å². The summed E-state index contributed by atoms with van der Waals surface area (Å²) in [5.74, 6) is -6.49. The third-order valence-corrected chi connectivity index (χ3v) is 3.57. The Labute approximate surface area is 110 Å². The molecule has 0 aliphatic carbocycles. The molecule has 0 heterocycles. The fraction of sp³-hybridized carbons (Fsp3) is 1.00. The molecule has 0 aromatic carbocycles. The van der Waals surface area contributed by atoms with Gasteiger partial charge in [-0.25, -0.2) is 4.39 Å². The molecule has 0 aromatic rings. The number of alkyl halides is 10. The van der Waals surface area contributed by atoms with Crippen LogP contribution in [-0.2, 0) is 0 Å². The van der Waals surface area contributed by atoms with Gasteiger partial charge in [0.25, 0.3) is 5.67 Å². The highest BCUT2D eigenvalue weighted by atomic mass is 127. The molecule has 0 amide bonds. The summed E-state index contributed by atoms with van der Waals surface area (Å²) in [5, 5.41) is 0. The molecule has 0 unspecified atom stereocenters. The lowest BCUT2D eigenvalue weighted by Crippen LogP contribution is -2.62. The molecular weight excluding hydrogens is 394 g/mol. The smallest absolute Gasteiger partial charge is 0.227 e. The van der Waals surface area contributed by atoms with Gasteiger partial charge in [0.05, 0.1) is 0 Å². The molecule has 110 valence electrons. The molecule has 0 N–H and O–H groups in total. The molecule has 0 aliphatic rings. The molecule has 2 atom stereocenters. The van der Waals surface area contributed by atoms with Crippen LogP contribution < -0.4 is 0 Å². The maximum absolute atomic E-state index is 13.4. The minimum Gasteiger partial charge on any atom is -0.227 e. The molecule has 0 spiro atoms. The van der Waals surface area contributed by atoms with Crippen molar-refractivity contribution in [3.05, 3.63) is 0 Å². The molecule has 0 nitrogen and oxygen atoms in total. The lowest BCUT2D eigenvalue weighted by Gasteiger charge is -2.36. The quantitative estimate of drug-likeness (QED) is 0.351. The highest BCUT2D eigenvalue weighted by Gasteiger charge is 2.80. The Kier molecular flexibility index (Phi) is 5.26. The maximum atomic E-state index is 13.4. The zero-order valence-corrected chi connectivity index (χ0v) is 10.9. The van der Waals surface area contributed by atoms with Crippen molar-refractivity contribution in [2.24, 2.45) is 0 Å². The summed E-state index contributed by atoms with van der Waals surface area (Å²) in [7, 11) is 0. The predicted octanol–water partition coefficient (Wildman–Crippen LogP) is 5.06. The van der Waals surface area contributed by atoms with Crippen molar-refractivity contribution >= 4 is 22.6 Å². The van der Waals surface area contributed by atoms with E-state index in [9.17, 15) is 39.5 Å².